The Labute approximate surface area is 164 Å². The van der Waals surface area contributed by atoms with E-state index in [1.54, 1.807) is 24.3 Å². The fourth-order valence-corrected chi connectivity index (χ4v) is 2.48. The molecule has 1 amide bonds. The van der Waals surface area contributed by atoms with E-state index in [2.05, 4.69) is 5.32 Å². The summed E-state index contributed by atoms with van der Waals surface area (Å²) in [6.07, 6.45) is 0. The van der Waals surface area contributed by atoms with Gasteiger partial charge < -0.3 is 10.1 Å². The molecule has 0 spiro atoms. The molecular weight excluding hydrogens is 379 g/mol. The minimum absolute atomic E-state index is 0.0745. The van der Waals surface area contributed by atoms with E-state index >= 15 is 0 Å². The van der Waals surface area contributed by atoms with E-state index in [0.717, 1.165) is 0 Å². The number of hydrogen-bond acceptors (Lipinski definition) is 5. The highest BCUT2D eigenvalue weighted by Gasteiger charge is 2.10. The Balaban J connectivity index is 1.54. The van der Waals surface area contributed by atoms with Crippen molar-refractivity contribution in [1.82, 2.24) is 0 Å². The molecule has 0 aliphatic carbocycles. The first-order valence-electron chi connectivity index (χ1n) is 8.50. The Morgan fingerprint density at radius 2 is 1.45 bits per heavy atom. The number of carbonyl (C=O) groups excluding carboxylic acids is 2. The van der Waals surface area contributed by atoms with E-state index in [0.29, 0.717) is 22.6 Å². The van der Waals surface area contributed by atoms with Crippen LogP contribution in [-0.4, -0.2) is 23.2 Å². The van der Waals surface area contributed by atoms with Gasteiger partial charge in [-0.15, -0.1) is 0 Å². The van der Waals surface area contributed by atoms with E-state index in [1.165, 1.54) is 48.5 Å². The number of amides is 1. The van der Waals surface area contributed by atoms with Crippen LogP contribution in [0.4, 0.5) is 15.8 Å². The van der Waals surface area contributed by atoms with E-state index in [9.17, 15) is 24.1 Å². The third-order valence-electron chi connectivity index (χ3n) is 3.95. The van der Waals surface area contributed by atoms with Gasteiger partial charge >= 0.3 is 0 Å². The van der Waals surface area contributed by atoms with Gasteiger partial charge in [0, 0.05) is 28.9 Å². The van der Waals surface area contributed by atoms with Crippen molar-refractivity contribution in [3.8, 4) is 5.75 Å². The second-order valence-electron chi connectivity index (χ2n) is 6.00. The maximum atomic E-state index is 13.0. The maximum absolute atomic E-state index is 13.0. The number of nitro groups is 1. The molecule has 3 aromatic rings. The number of carbonyl (C=O) groups is 2. The van der Waals surface area contributed by atoms with E-state index in [-0.39, 0.29) is 18.1 Å². The Morgan fingerprint density at radius 3 is 2.00 bits per heavy atom. The van der Waals surface area contributed by atoms with E-state index in [4.69, 9.17) is 4.74 Å². The number of non-ortho nitro benzene ring substituents is 1. The number of nitrogens with one attached hydrogen (secondary N) is 1. The minimum Gasteiger partial charge on any atom is -0.484 e. The summed E-state index contributed by atoms with van der Waals surface area (Å²) in [5.41, 5.74) is 1.10. The van der Waals surface area contributed by atoms with Crippen molar-refractivity contribution >= 4 is 23.1 Å². The highest BCUT2D eigenvalue weighted by atomic mass is 19.1. The first kappa shape index (κ1) is 19.7. The van der Waals surface area contributed by atoms with Crippen LogP contribution in [0, 0.1) is 15.9 Å². The average Bonchev–Trinajstić information content (AvgIpc) is 2.73. The van der Waals surface area contributed by atoms with Crippen LogP contribution in [0.5, 0.6) is 5.75 Å². The topological polar surface area (TPSA) is 98.5 Å². The van der Waals surface area contributed by atoms with Crippen molar-refractivity contribution in [2.24, 2.45) is 0 Å². The second kappa shape index (κ2) is 8.75. The summed E-state index contributed by atoms with van der Waals surface area (Å²) in [5, 5.41) is 13.2. The maximum Gasteiger partial charge on any atom is 0.269 e. The van der Waals surface area contributed by atoms with Crippen LogP contribution in [-0.2, 0) is 4.79 Å². The quantitative estimate of drug-likeness (QED) is 0.371. The lowest BCUT2D eigenvalue weighted by molar-refractivity contribution is -0.384. The molecule has 29 heavy (non-hydrogen) atoms. The number of benzene rings is 3. The number of halogens is 1. The summed E-state index contributed by atoms with van der Waals surface area (Å²) in [4.78, 5) is 34.4. The minimum atomic E-state index is -0.529. The zero-order chi connectivity index (χ0) is 20.8. The molecule has 0 radical (unpaired) electrons. The summed E-state index contributed by atoms with van der Waals surface area (Å²) in [7, 11) is 0. The molecule has 1 N–H and O–H groups in total. The van der Waals surface area contributed by atoms with Gasteiger partial charge in [0.25, 0.3) is 11.6 Å². The van der Waals surface area contributed by atoms with Gasteiger partial charge in [-0.05, 0) is 60.7 Å². The van der Waals surface area contributed by atoms with Crippen molar-refractivity contribution in [2.75, 3.05) is 11.9 Å². The van der Waals surface area contributed by atoms with Crippen LogP contribution >= 0.6 is 0 Å². The van der Waals surface area contributed by atoms with Crippen LogP contribution in [0.2, 0.25) is 0 Å². The number of anilines is 1. The van der Waals surface area contributed by atoms with Crippen LogP contribution in [0.25, 0.3) is 0 Å². The first-order chi connectivity index (χ1) is 13.9. The molecule has 8 heteroatoms. The summed E-state index contributed by atoms with van der Waals surface area (Å²) in [6.45, 7) is -0.276. The molecular formula is C21H15FN2O5. The molecule has 7 nitrogen and oxygen atoms in total. The number of rotatable bonds is 7. The van der Waals surface area contributed by atoms with Gasteiger partial charge in [0.1, 0.15) is 11.6 Å². The predicted octanol–water partition coefficient (Wildman–Crippen LogP) is 3.98. The third kappa shape index (κ3) is 5.23. The first-order valence-corrected chi connectivity index (χ1v) is 8.50. The molecule has 3 aromatic carbocycles. The number of ketones is 1. The van der Waals surface area contributed by atoms with Crippen molar-refractivity contribution in [2.45, 2.75) is 0 Å². The third-order valence-corrected chi connectivity index (χ3v) is 3.95. The van der Waals surface area contributed by atoms with E-state index in [1.807, 2.05) is 0 Å². The van der Waals surface area contributed by atoms with Crippen LogP contribution in [0.15, 0.2) is 72.8 Å². The highest BCUT2D eigenvalue weighted by molar-refractivity contribution is 6.09. The summed E-state index contributed by atoms with van der Waals surface area (Å²) < 4.78 is 18.3. The molecule has 0 aliphatic rings. The summed E-state index contributed by atoms with van der Waals surface area (Å²) in [6, 6.07) is 16.9. The molecule has 0 bridgehead atoms. The summed E-state index contributed by atoms with van der Waals surface area (Å²) >= 11 is 0. The smallest absolute Gasteiger partial charge is 0.269 e. The predicted molar refractivity (Wildman–Crippen MR) is 103 cm³/mol. The number of nitro benzene ring substituents is 1. The number of ether oxygens (including phenoxy) is 1. The Hall–Kier alpha value is -4.07. The largest absolute Gasteiger partial charge is 0.484 e. The molecule has 0 aliphatic heterocycles. The fraction of sp³-hybridized carbons (Fsp3) is 0.0476. The van der Waals surface area contributed by atoms with Crippen molar-refractivity contribution < 1.29 is 23.6 Å². The van der Waals surface area contributed by atoms with Gasteiger partial charge in [-0.2, -0.15) is 0 Å². The Kier molecular flexibility index (Phi) is 5.94. The fourth-order valence-electron chi connectivity index (χ4n) is 2.48. The molecule has 146 valence electrons. The average molecular weight is 394 g/mol. The zero-order valence-electron chi connectivity index (χ0n) is 15.0. The Morgan fingerprint density at radius 1 is 0.897 bits per heavy atom. The lowest BCUT2D eigenvalue weighted by Crippen LogP contribution is -2.20. The SMILES string of the molecule is O=C(COc1ccc(C(=O)c2ccc(F)cc2)cc1)Nc1ccc([N+](=O)[O-])cc1. The van der Waals surface area contributed by atoms with E-state index < -0.39 is 16.6 Å². The number of hydrogen-bond donors (Lipinski definition) is 1. The molecule has 0 fully saturated rings. The van der Waals surface area contributed by atoms with Crippen LogP contribution in [0.1, 0.15) is 15.9 Å². The lowest BCUT2D eigenvalue weighted by Gasteiger charge is -2.08. The van der Waals surface area contributed by atoms with Gasteiger partial charge in [-0.3, -0.25) is 19.7 Å². The molecule has 0 saturated heterocycles. The van der Waals surface area contributed by atoms with Crippen molar-refractivity contribution in [1.29, 1.82) is 0 Å². The summed E-state index contributed by atoms with van der Waals surface area (Å²) in [5.74, 6) is -0.727. The second-order valence-corrected chi connectivity index (χ2v) is 6.00. The normalized spacial score (nSPS) is 10.2. The van der Waals surface area contributed by atoms with Crippen LogP contribution < -0.4 is 10.1 Å². The van der Waals surface area contributed by atoms with Gasteiger partial charge in [0.15, 0.2) is 12.4 Å². The van der Waals surface area contributed by atoms with Gasteiger partial charge in [0.2, 0.25) is 0 Å². The van der Waals surface area contributed by atoms with Gasteiger partial charge in [-0.1, -0.05) is 0 Å². The molecule has 0 unspecified atom stereocenters. The van der Waals surface area contributed by atoms with Gasteiger partial charge in [0.05, 0.1) is 4.92 Å². The van der Waals surface area contributed by atoms with Crippen LogP contribution in [0.3, 0.4) is 0 Å². The molecule has 0 atom stereocenters. The Bertz CT molecular complexity index is 1030. The van der Waals surface area contributed by atoms with Crippen molar-refractivity contribution in [3.05, 3.63) is 99.9 Å². The molecule has 3 rings (SSSR count). The molecule has 0 aromatic heterocycles. The molecule has 0 heterocycles. The lowest BCUT2D eigenvalue weighted by atomic mass is 10.0. The highest BCUT2D eigenvalue weighted by Crippen LogP contribution is 2.17. The number of nitrogens with zero attached hydrogens (tertiary/aromatic N) is 1. The molecule has 0 saturated carbocycles. The zero-order valence-corrected chi connectivity index (χ0v) is 15.0. The standard InChI is InChI=1S/C21H15FN2O5/c22-16-5-1-14(2-6-16)21(26)15-3-11-19(12-4-15)29-13-20(25)23-17-7-9-18(10-8-17)24(27)28/h1-12H,13H2,(H,23,25). The van der Waals surface area contributed by atoms with Gasteiger partial charge in [-0.25, -0.2) is 4.39 Å². The van der Waals surface area contributed by atoms with Crippen molar-refractivity contribution in [3.63, 3.8) is 0 Å². The monoisotopic (exact) mass is 394 g/mol.